The third-order valence-electron chi connectivity index (χ3n) is 1.73. The predicted octanol–water partition coefficient (Wildman–Crippen LogP) is 0.649. The van der Waals surface area contributed by atoms with E-state index >= 15 is 0 Å². The predicted molar refractivity (Wildman–Crippen MR) is 52.3 cm³/mol. The maximum absolute atomic E-state index is 5.32. The molecule has 1 aromatic heterocycles. The Balaban J connectivity index is 2.93. The van der Waals surface area contributed by atoms with Crippen molar-refractivity contribution in [3.63, 3.8) is 0 Å². The van der Waals surface area contributed by atoms with Crippen LogP contribution in [0.2, 0.25) is 0 Å². The molecular formula is C10H4N2Se. The molecule has 0 saturated heterocycles. The van der Waals surface area contributed by atoms with Gasteiger partial charge >= 0.3 is 81.9 Å². The number of hydrogen-bond acceptors (Lipinski definition) is 2. The number of terminal acetylenes is 2. The van der Waals surface area contributed by atoms with Crippen LogP contribution in [0.5, 0.6) is 0 Å². The van der Waals surface area contributed by atoms with Crippen LogP contribution in [0.3, 0.4) is 0 Å². The van der Waals surface area contributed by atoms with E-state index in [9.17, 15) is 0 Å². The minimum atomic E-state index is -0.0825. The zero-order valence-corrected chi connectivity index (χ0v) is 8.33. The van der Waals surface area contributed by atoms with Gasteiger partial charge in [0.05, 0.1) is 0 Å². The van der Waals surface area contributed by atoms with Crippen molar-refractivity contribution in [2.45, 2.75) is 0 Å². The monoisotopic (exact) mass is 232 g/mol. The number of fused-ring (bicyclic) bond motifs is 1. The second kappa shape index (κ2) is 3.07. The van der Waals surface area contributed by atoms with Crippen molar-refractivity contribution in [1.29, 1.82) is 0 Å². The van der Waals surface area contributed by atoms with Gasteiger partial charge in [-0.15, -0.1) is 0 Å². The summed E-state index contributed by atoms with van der Waals surface area (Å²) < 4.78 is 8.47. The standard InChI is InChI=1S/C10H4N2Se/c1-3-7-5-6-8(4-2)10-9(7)11-13-12-10/h1-2,5-6H. The average Bonchev–Trinajstić information content (AvgIpc) is 2.64. The molecule has 0 aliphatic carbocycles. The average molecular weight is 231 g/mol. The van der Waals surface area contributed by atoms with E-state index in [4.69, 9.17) is 12.8 Å². The van der Waals surface area contributed by atoms with Crippen LogP contribution in [-0.4, -0.2) is 22.9 Å². The van der Waals surface area contributed by atoms with E-state index in [1.807, 2.05) is 12.1 Å². The second-order valence-electron chi connectivity index (χ2n) is 2.41. The number of hydrogen-bond donors (Lipinski definition) is 0. The van der Waals surface area contributed by atoms with Gasteiger partial charge in [0.2, 0.25) is 0 Å². The molecule has 60 valence electrons. The van der Waals surface area contributed by atoms with Gasteiger partial charge in [-0.3, -0.25) is 0 Å². The molecule has 0 aliphatic heterocycles. The molecule has 0 spiro atoms. The summed E-state index contributed by atoms with van der Waals surface area (Å²) >= 11 is -0.0825. The molecule has 0 fully saturated rings. The molecule has 0 aliphatic rings. The summed E-state index contributed by atoms with van der Waals surface area (Å²) in [6, 6.07) is 3.63. The summed E-state index contributed by atoms with van der Waals surface area (Å²) in [7, 11) is 0. The molecule has 0 bridgehead atoms. The third kappa shape index (κ3) is 1.15. The first-order chi connectivity index (χ1) is 6.36. The van der Waals surface area contributed by atoms with Gasteiger partial charge in [0.25, 0.3) is 0 Å². The zero-order valence-electron chi connectivity index (χ0n) is 6.61. The van der Waals surface area contributed by atoms with Crippen LogP contribution in [0.25, 0.3) is 11.0 Å². The third-order valence-corrected chi connectivity index (χ3v) is 2.84. The van der Waals surface area contributed by atoms with Crippen LogP contribution in [-0.2, 0) is 0 Å². The van der Waals surface area contributed by atoms with Gasteiger partial charge < -0.3 is 0 Å². The Hall–Kier alpha value is -1.54. The Kier molecular flexibility index (Phi) is 1.91. The summed E-state index contributed by atoms with van der Waals surface area (Å²) in [6.07, 6.45) is 10.6. The Labute approximate surface area is 82.2 Å². The number of nitrogens with zero attached hydrogens (tertiary/aromatic N) is 2. The molecule has 3 heteroatoms. The maximum atomic E-state index is 5.32. The Bertz CT molecular complexity index is 492. The fourth-order valence-corrected chi connectivity index (χ4v) is 2.30. The van der Waals surface area contributed by atoms with Crippen molar-refractivity contribution in [1.82, 2.24) is 7.96 Å². The van der Waals surface area contributed by atoms with Gasteiger partial charge in [0.15, 0.2) is 0 Å². The van der Waals surface area contributed by atoms with Crippen molar-refractivity contribution in [3.8, 4) is 24.7 Å². The fraction of sp³-hybridized carbons (Fsp3) is 0. The molecule has 0 radical (unpaired) electrons. The van der Waals surface area contributed by atoms with E-state index in [2.05, 4.69) is 19.8 Å². The first kappa shape index (κ1) is 8.08. The van der Waals surface area contributed by atoms with Crippen molar-refractivity contribution in [2.24, 2.45) is 0 Å². The molecule has 0 saturated carbocycles. The van der Waals surface area contributed by atoms with Crippen LogP contribution >= 0.6 is 0 Å². The van der Waals surface area contributed by atoms with Gasteiger partial charge in [-0.2, -0.15) is 0 Å². The molecule has 2 rings (SSSR count). The molecule has 0 atom stereocenters. The molecule has 2 nitrogen and oxygen atoms in total. The topological polar surface area (TPSA) is 25.8 Å². The van der Waals surface area contributed by atoms with E-state index < -0.39 is 0 Å². The summed E-state index contributed by atoms with van der Waals surface area (Å²) in [5.74, 6) is 5.13. The molecule has 13 heavy (non-hydrogen) atoms. The quantitative estimate of drug-likeness (QED) is 0.491. The van der Waals surface area contributed by atoms with E-state index in [1.54, 1.807) is 0 Å². The van der Waals surface area contributed by atoms with Crippen molar-refractivity contribution >= 4 is 26.0 Å². The summed E-state index contributed by atoms with van der Waals surface area (Å²) in [5, 5.41) is 0. The van der Waals surface area contributed by atoms with Crippen molar-refractivity contribution in [2.75, 3.05) is 0 Å². The fourth-order valence-electron chi connectivity index (χ4n) is 1.10. The molecule has 1 aromatic carbocycles. The van der Waals surface area contributed by atoms with Crippen LogP contribution in [0.15, 0.2) is 12.1 Å². The van der Waals surface area contributed by atoms with Crippen LogP contribution in [0.4, 0.5) is 0 Å². The summed E-state index contributed by atoms with van der Waals surface area (Å²) in [6.45, 7) is 0. The molecule has 1 heterocycles. The van der Waals surface area contributed by atoms with E-state index in [0.717, 1.165) is 22.2 Å². The van der Waals surface area contributed by atoms with Crippen LogP contribution in [0.1, 0.15) is 11.1 Å². The van der Waals surface area contributed by atoms with Crippen LogP contribution < -0.4 is 0 Å². The van der Waals surface area contributed by atoms with E-state index in [-0.39, 0.29) is 15.0 Å². The summed E-state index contributed by atoms with van der Waals surface area (Å²) in [5.41, 5.74) is 3.13. The van der Waals surface area contributed by atoms with Crippen LogP contribution in [0, 0.1) is 24.7 Å². The summed E-state index contributed by atoms with van der Waals surface area (Å²) in [4.78, 5) is 0. The van der Waals surface area contributed by atoms with E-state index in [1.165, 1.54) is 0 Å². The molecule has 2 aromatic rings. The molecular weight excluding hydrogens is 227 g/mol. The second-order valence-corrected chi connectivity index (χ2v) is 3.52. The number of benzene rings is 1. The Morgan fingerprint density at radius 1 is 1.00 bits per heavy atom. The normalized spacial score (nSPS) is 9.38. The first-order valence-electron chi connectivity index (χ1n) is 3.55. The van der Waals surface area contributed by atoms with Crippen molar-refractivity contribution < 1.29 is 0 Å². The van der Waals surface area contributed by atoms with Gasteiger partial charge in [-0.1, -0.05) is 0 Å². The molecule has 0 amide bonds. The first-order valence-corrected chi connectivity index (χ1v) is 5.08. The van der Waals surface area contributed by atoms with E-state index in [0.29, 0.717) is 0 Å². The van der Waals surface area contributed by atoms with Gasteiger partial charge in [0.1, 0.15) is 0 Å². The number of aromatic nitrogens is 2. The van der Waals surface area contributed by atoms with Gasteiger partial charge in [0, 0.05) is 0 Å². The van der Waals surface area contributed by atoms with Crippen molar-refractivity contribution in [3.05, 3.63) is 23.3 Å². The SMILES string of the molecule is C#Cc1ccc(C#C)c2n[se]nc12. The zero-order chi connectivity index (χ0) is 9.26. The minimum absolute atomic E-state index is 0.0825. The van der Waals surface area contributed by atoms with Gasteiger partial charge in [-0.25, -0.2) is 0 Å². The number of rotatable bonds is 0. The Morgan fingerprint density at radius 3 is 1.85 bits per heavy atom. The molecule has 0 N–H and O–H groups in total. The van der Waals surface area contributed by atoms with Gasteiger partial charge in [-0.05, 0) is 0 Å². The molecule has 0 unspecified atom stereocenters. The Morgan fingerprint density at radius 2 is 1.46 bits per heavy atom.